The number of nitrogen functional groups attached to an aromatic ring is 1. The molecule has 0 unspecified atom stereocenters. The summed E-state index contributed by atoms with van der Waals surface area (Å²) in [7, 11) is 1.59. The smallest absolute Gasteiger partial charge is 0.148 e. The van der Waals surface area contributed by atoms with Crippen LogP contribution in [0.15, 0.2) is 40.9 Å². The van der Waals surface area contributed by atoms with Crippen LogP contribution < -0.4 is 15.8 Å². The van der Waals surface area contributed by atoms with Crippen LogP contribution in [-0.2, 0) is 0 Å². The van der Waals surface area contributed by atoms with Gasteiger partial charge in [0.25, 0.3) is 0 Å². The molecule has 0 atom stereocenters. The lowest BCUT2D eigenvalue weighted by Crippen LogP contribution is -1.99. The van der Waals surface area contributed by atoms with Crippen LogP contribution in [0.2, 0.25) is 0 Å². The molecule has 94 valence electrons. The Morgan fingerprint density at radius 3 is 2.72 bits per heavy atom. The fourth-order valence-corrected chi connectivity index (χ4v) is 1.86. The van der Waals surface area contributed by atoms with Crippen molar-refractivity contribution >= 4 is 33.0 Å². The number of rotatable bonds is 3. The van der Waals surface area contributed by atoms with E-state index in [-0.39, 0.29) is 5.69 Å². The molecule has 2 aromatic carbocycles. The standard InChI is InChI=1S/C13H12BrFN2O/c1-18-8-5-6-9(14)12(7-8)17-11-4-2-3-10(15)13(11)16/h2-7,17H,16H2,1H3. The summed E-state index contributed by atoms with van der Waals surface area (Å²) >= 11 is 3.41. The van der Waals surface area contributed by atoms with Gasteiger partial charge in [0.05, 0.1) is 24.2 Å². The lowest BCUT2D eigenvalue weighted by Gasteiger charge is -2.12. The van der Waals surface area contributed by atoms with E-state index in [2.05, 4.69) is 21.2 Å². The molecule has 3 N–H and O–H groups in total. The van der Waals surface area contributed by atoms with Gasteiger partial charge in [0.15, 0.2) is 0 Å². The molecule has 0 heterocycles. The number of hydrogen-bond donors (Lipinski definition) is 2. The largest absolute Gasteiger partial charge is 0.497 e. The highest BCUT2D eigenvalue weighted by atomic mass is 79.9. The molecule has 3 nitrogen and oxygen atoms in total. The van der Waals surface area contributed by atoms with Gasteiger partial charge in [-0.3, -0.25) is 0 Å². The quantitative estimate of drug-likeness (QED) is 0.845. The fraction of sp³-hybridized carbons (Fsp3) is 0.0769. The summed E-state index contributed by atoms with van der Waals surface area (Å²) in [6.07, 6.45) is 0. The van der Waals surface area contributed by atoms with Crippen LogP contribution in [0.1, 0.15) is 0 Å². The zero-order chi connectivity index (χ0) is 13.1. The second-order valence-corrected chi connectivity index (χ2v) is 4.53. The van der Waals surface area contributed by atoms with Gasteiger partial charge in [-0.1, -0.05) is 6.07 Å². The predicted molar refractivity (Wildman–Crippen MR) is 74.8 cm³/mol. The first-order valence-electron chi connectivity index (χ1n) is 5.26. The first-order valence-corrected chi connectivity index (χ1v) is 6.05. The molecule has 0 bridgehead atoms. The van der Waals surface area contributed by atoms with Gasteiger partial charge in [-0.25, -0.2) is 4.39 Å². The molecular formula is C13H12BrFN2O. The number of anilines is 3. The van der Waals surface area contributed by atoms with E-state index in [9.17, 15) is 4.39 Å². The number of methoxy groups -OCH3 is 1. The van der Waals surface area contributed by atoms with Crippen molar-refractivity contribution in [3.05, 3.63) is 46.7 Å². The van der Waals surface area contributed by atoms with Crippen LogP contribution in [0, 0.1) is 5.82 Å². The monoisotopic (exact) mass is 310 g/mol. The molecule has 0 saturated carbocycles. The van der Waals surface area contributed by atoms with Crippen LogP contribution in [0.3, 0.4) is 0 Å². The van der Waals surface area contributed by atoms with Gasteiger partial charge in [-0.2, -0.15) is 0 Å². The van der Waals surface area contributed by atoms with Gasteiger partial charge < -0.3 is 15.8 Å². The summed E-state index contributed by atoms with van der Waals surface area (Å²) in [6.45, 7) is 0. The normalized spacial score (nSPS) is 10.2. The topological polar surface area (TPSA) is 47.3 Å². The highest BCUT2D eigenvalue weighted by molar-refractivity contribution is 9.10. The maximum absolute atomic E-state index is 13.3. The number of halogens is 2. The highest BCUT2D eigenvalue weighted by Gasteiger charge is 2.07. The number of nitrogens with one attached hydrogen (secondary N) is 1. The molecular weight excluding hydrogens is 299 g/mol. The molecule has 5 heteroatoms. The molecule has 0 amide bonds. The molecule has 0 aliphatic carbocycles. The van der Waals surface area contributed by atoms with E-state index in [4.69, 9.17) is 10.5 Å². The summed E-state index contributed by atoms with van der Waals surface area (Å²) in [5.41, 5.74) is 7.03. The summed E-state index contributed by atoms with van der Waals surface area (Å²) in [5, 5.41) is 3.06. The van der Waals surface area contributed by atoms with E-state index in [1.807, 2.05) is 12.1 Å². The van der Waals surface area contributed by atoms with Crippen LogP contribution in [0.5, 0.6) is 5.75 Å². The SMILES string of the molecule is COc1ccc(Br)c(Nc2cccc(F)c2N)c1. The lowest BCUT2D eigenvalue weighted by molar-refractivity contribution is 0.415. The van der Waals surface area contributed by atoms with E-state index >= 15 is 0 Å². The molecule has 0 aliphatic rings. The molecule has 2 rings (SSSR count). The van der Waals surface area contributed by atoms with E-state index in [1.165, 1.54) is 6.07 Å². The minimum atomic E-state index is -0.445. The molecule has 0 spiro atoms. The maximum Gasteiger partial charge on any atom is 0.148 e. The Bertz CT molecular complexity index is 575. The van der Waals surface area contributed by atoms with Crippen LogP contribution in [-0.4, -0.2) is 7.11 Å². The van der Waals surface area contributed by atoms with Crippen molar-refractivity contribution in [3.8, 4) is 5.75 Å². The van der Waals surface area contributed by atoms with Crippen molar-refractivity contribution in [1.82, 2.24) is 0 Å². The Morgan fingerprint density at radius 2 is 2.00 bits per heavy atom. The van der Waals surface area contributed by atoms with Gasteiger partial charge >= 0.3 is 0 Å². The Labute approximate surface area is 113 Å². The molecule has 2 aromatic rings. The first-order chi connectivity index (χ1) is 8.61. The summed E-state index contributed by atoms with van der Waals surface area (Å²) in [5.74, 6) is 0.259. The zero-order valence-corrected chi connectivity index (χ0v) is 11.3. The van der Waals surface area contributed by atoms with Crippen LogP contribution in [0.25, 0.3) is 0 Å². The Morgan fingerprint density at radius 1 is 1.22 bits per heavy atom. The maximum atomic E-state index is 13.3. The Balaban J connectivity index is 2.36. The van der Waals surface area contributed by atoms with Crippen molar-refractivity contribution in [2.45, 2.75) is 0 Å². The van der Waals surface area contributed by atoms with E-state index in [1.54, 1.807) is 25.3 Å². The average molecular weight is 311 g/mol. The van der Waals surface area contributed by atoms with Gasteiger partial charge in [0.1, 0.15) is 11.6 Å². The van der Waals surface area contributed by atoms with Crippen molar-refractivity contribution in [1.29, 1.82) is 0 Å². The summed E-state index contributed by atoms with van der Waals surface area (Å²) < 4.78 is 19.3. The number of hydrogen-bond acceptors (Lipinski definition) is 3. The van der Waals surface area contributed by atoms with Crippen molar-refractivity contribution in [2.24, 2.45) is 0 Å². The average Bonchev–Trinajstić information content (AvgIpc) is 2.37. The molecule has 0 fully saturated rings. The Hall–Kier alpha value is -1.75. The number of ether oxygens (including phenoxy) is 1. The lowest BCUT2D eigenvalue weighted by atomic mass is 10.2. The fourth-order valence-electron chi connectivity index (χ4n) is 1.52. The summed E-state index contributed by atoms with van der Waals surface area (Å²) in [4.78, 5) is 0. The van der Waals surface area contributed by atoms with Gasteiger partial charge in [0.2, 0.25) is 0 Å². The number of benzene rings is 2. The number of nitrogens with two attached hydrogens (primary N) is 1. The van der Waals surface area contributed by atoms with Gasteiger partial charge in [-0.05, 0) is 40.2 Å². The predicted octanol–water partition coefficient (Wildman–Crippen LogP) is 3.92. The Kier molecular flexibility index (Phi) is 3.72. The molecule has 0 aliphatic heterocycles. The van der Waals surface area contributed by atoms with E-state index in [0.717, 1.165) is 10.2 Å². The number of para-hydroxylation sites is 1. The summed E-state index contributed by atoms with van der Waals surface area (Å²) in [6, 6.07) is 10.1. The van der Waals surface area contributed by atoms with Crippen LogP contribution >= 0.6 is 15.9 Å². The second kappa shape index (κ2) is 5.27. The third-order valence-corrected chi connectivity index (χ3v) is 3.19. The third-order valence-electron chi connectivity index (χ3n) is 2.50. The van der Waals surface area contributed by atoms with Crippen molar-refractivity contribution < 1.29 is 9.13 Å². The third kappa shape index (κ3) is 2.56. The second-order valence-electron chi connectivity index (χ2n) is 3.67. The van der Waals surface area contributed by atoms with E-state index < -0.39 is 5.82 Å². The minimum absolute atomic E-state index is 0.0900. The highest BCUT2D eigenvalue weighted by Crippen LogP contribution is 2.32. The first kappa shape index (κ1) is 12.7. The van der Waals surface area contributed by atoms with Gasteiger partial charge in [-0.15, -0.1) is 0 Å². The van der Waals surface area contributed by atoms with E-state index in [0.29, 0.717) is 11.4 Å². The van der Waals surface area contributed by atoms with Crippen LogP contribution in [0.4, 0.5) is 21.5 Å². The van der Waals surface area contributed by atoms with Gasteiger partial charge in [0, 0.05) is 10.5 Å². The molecule has 18 heavy (non-hydrogen) atoms. The van der Waals surface area contributed by atoms with Crippen molar-refractivity contribution in [2.75, 3.05) is 18.2 Å². The zero-order valence-electron chi connectivity index (χ0n) is 9.71. The van der Waals surface area contributed by atoms with Crippen molar-refractivity contribution in [3.63, 3.8) is 0 Å². The molecule has 0 radical (unpaired) electrons. The molecule has 0 aromatic heterocycles. The molecule has 0 saturated heterocycles. The minimum Gasteiger partial charge on any atom is -0.497 e.